The molecule has 0 heterocycles. The maximum atomic E-state index is 3.67. The summed E-state index contributed by atoms with van der Waals surface area (Å²) in [5.74, 6) is 0.698. The normalized spacial score (nSPS) is 11.1. The molecule has 0 atom stereocenters. The van der Waals surface area contributed by atoms with E-state index in [2.05, 4.69) is 32.6 Å². The topological polar surface area (TPSA) is 0 Å². The Labute approximate surface area is 64.6 Å². The molecule has 0 aromatic carbocycles. The lowest BCUT2D eigenvalue weighted by atomic mass is 10.1. The molecular formula is C10H18. The Kier molecular flexibility index (Phi) is 6.25. The summed E-state index contributed by atoms with van der Waals surface area (Å²) in [5, 5.41) is 0. The molecule has 0 amide bonds. The van der Waals surface area contributed by atoms with Gasteiger partial charge in [-0.2, -0.15) is 0 Å². The number of hydrogen-bond donors (Lipinski definition) is 0. The zero-order valence-corrected chi connectivity index (χ0v) is 7.14. The van der Waals surface area contributed by atoms with Gasteiger partial charge in [-0.1, -0.05) is 32.1 Å². The Bertz CT molecular complexity index is 98.6. The Balaban J connectivity index is 3.10. The van der Waals surface area contributed by atoms with E-state index in [1.54, 1.807) is 0 Å². The van der Waals surface area contributed by atoms with Gasteiger partial charge in [0.05, 0.1) is 0 Å². The van der Waals surface area contributed by atoms with Crippen LogP contribution in [0.5, 0.6) is 0 Å². The number of unbranched alkanes of at least 4 members (excludes halogenated alkanes) is 2. The third-order valence-electron chi connectivity index (χ3n) is 1.30. The van der Waals surface area contributed by atoms with Crippen LogP contribution in [0.25, 0.3) is 0 Å². The summed E-state index contributed by atoms with van der Waals surface area (Å²) in [6, 6.07) is 0. The molecule has 0 rings (SSSR count). The number of rotatable bonds is 5. The summed E-state index contributed by atoms with van der Waals surface area (Å²) in [7, 11) is 0. The average Bonchev–Trinajstić information content (AvgIpc) is 1.87. The SMILES string of the molecule is C=CCCC/C=C/C(C)C. The van der Waals surface area contributed by atoms with Crippen LogP contribution in [0.3, 0.4) is 0 Å². The molecule has 10 heavy (non-hydrogen) atoms. The van der Waals surface area contributed by atoms with Crippen molar-refractivity contribution in [3.63, 3.8) is 0 Å². The van der Waals surface area contributed by atoms with Crippen molar-refractivity contribution >= 4 is 0 Å². The number of hydrogen-bond acceptors (Lipinski definition) is 0. The summed E-state index contributed by atoms with van der Waals surface area (Å²) >= 11 is 0. The van der Waals surface area contributed by atoms with Crippen molar-refractivity contribution in [3.8, 4) is 0 Å². The van der Waals surface area contributed by atoms with Gasteiger partial charge in [-0.3, -0.25) is 0 Å². The highest BCUT2D eigenvalue weighted by atomic mass is 13.9. The van der Waals surface area contributed by atoms with Gasteiger partial charge in [-0.05, 0) is 25.2 Å². The highest BCUT2D eigenvalue weighted by molar-refractivity contribution is 4.84. The minimum Gasteiger partial charge on any atom is -0.103 e. The van der Waals surface area contributed by atoms with Crippen molar-refractivity contribution in [2.24, 2.45) is 5.92 Å². The second-order valence-corrected chi connectivity index (χ2v) is 2.89. The van der Waals surface area contributed by atoms with Gasteiger partial charge in [-0.25, -0.2) is 0 Å². The Morgan fingerprint density at radius 3 is 2.50 bits per heavy atom. The van der Waals surface area contributed by atoms with E-state index in [0.717, 1.165) is 6.42 Å². The monoisotopic (exact) mass is 138 g/mol. The van der Waals surface area contributed by atoms with Gasteiger partial charge in [-0.15, -0.1) is 6.58 Å². The lowest BCUT2D eigenvalue weighted by Gasteiger charge is -1.92. The van der Waals surface area contributed by atoms with Crippen LogP contribution in [-0.4, -0.2) is 0 Å². The third-order valence-corrected chi connectivity index (χ3v) is 1.30. The molecule has 0 radical (unpaired) electrons. The molecule has 0 nitrogen and oxygen atoms in total. The Hall–Kier alpha value is -0.520. The molecule has 0 heteroatoms. The van der Waals surface area contributed by atoms with Crippen LogP contribution in [0.1, 0.15) is 33.1 Å². The molecule has 0 aliphatic heterocycles. The van der Waals surface area contributed by atoms with Crippen molar-refractivity contribution in [1.82, 2.24) is 0 Å². The molecule has 0 fully saturated rings. The molecule has 0 aromatic rings. The summed E-state index contributed by atoms with van der Waals surface area (Å²) in [6.45, 7) is 8.07. The van der Waals surface area contributed by atoms with Gasteiger partial charge in [0.1, 0.15) is 0 Å². The van der Waals surface area contributed by atoms with Crippen LogP contribution in [0, 0.1) is 5.92 Å². The lowest BCUT2D eigenvalue weighted by molar-refractivity contribution is 0.808. The van der Waals surface area contributed by atoms with Gasteiger partial charge in [0.25, 0.3) is 0 Å². The standard InChI is InChI=1S/C10H18/c1-4-5-6-7-8-9-10(2)3/h4,8-10H,1,5-7H2,2-3H3/b9-8+. The first kappa shape index (κ1) is 9.48. The van der Waals surface area contributed by atoms with Crippen molar-refractivity contribution in [2.45, 2.75) is 33.1 Å². The second kappa shape index (κ2) is 6.60. The molecule has 0 N–H and O–H groups in total. The van der Waals surface area contributed by atoms with Crippen LogP contribution in [0.2, 0.25) is 0 Å². The first-order chi connectivity index (χ1) is 4.77. The van der Waals surface area contributed by atoms with E-state index in [1.807, 2.05) is 6.08 Å². The van der Waals surface area contributed by atoms with Gasteiger partial charge < -0.3 is 0 Å². The fourth-order valence-electron chi connectivity index (χ4n) is 0.748. The average molecular weight is 138 g/mol. The third kappa shape index (κ3) is 7.48. The van der Waals surface area contributed by atoms with Crippen LogP contribution >= 0.6 is 0 Å². The predicted octanol–water partition coefficient (Wildman–Crippen LogP) is 3.55. The molecule has 0 aromatic heterocycles. The second-order valence-electron chi connectivity index (χ2n) is 2.89. The van der Waals surface area contributed by atoms with Crippen molar-refractivity contribution in [2.75, 3.05) is 0 Å². The predicted molar refractivity (Wildman–Crippen MR) is 48.0 cm³/mol. The van der Waals surface area contributed by atoms with Crippen LogP contribution < -0.4 is 0 Å². The quantitative estimate of drug-likeness (QED) is 0.402. The van der Waals surface area contributed by atoms with E-state index in [9.17, 15) is 0 Å². The number of allylic oxidation sites excluding steroid dienone is 3. The molecule has 0 aliphatic rings. The molecular weight excluding hydrogens is 120 g/mol. The fraction of sp³-hybridized carbons (Fsp3) is 0.600. The van der Waals surface area contributed by atoms with E-state index in [1.165, 1.54) is 12.8 Å². The van der Waals surface area contributed by atoms with Crippen molar-refractivity contribution < 1.29 is 0 Å². The van der Waals surface area contributed by atoms with Gasteiger partial charge in [0.2, 0.25) is 0 Å². The van der Waals surface area contributed by atoms with E-state index >= 15 is 0 Å². The van der Waals surface area contributed by atoms with E-state index < -0.39 is 0 Å². The molecule has 0 spiro atoms. The van der Waals surface area contributed by atoms with Gasteiger partial charge in [0, 0.05) is 0 Å². The molecule has 0 unspecified atom stereocenters. The first-order valence-electron chi connectivity index (χ1n) is 4.05. The first-order valence-corrected chi connectivity index (χ1v) is 4.05. The highest BCUT2D eigenvalue weighted by Crippen LogP contribution is 2.00. The van der Waals surface area contributed by atoms with Crippen molar-refractivity contribution in [3.05, 3.63) is 24.8 Å². The minimum atomic E-state index is 0.698. The summed E-state index contributed by atoms with van der Waals surface area (Å²) < 4.78 is 0. The molecule has 0 saturated heterocycles. The largest absolute Gasteiger partial charge is 0.103 e. The molecule has 0 aliphatic carbocycles. The minimum absolute atomic E-state index is 0.698. The van der Waals surface area contributed by atoms with Crippen LogP contribution in [0.4, 0.5) is 0 Å². The molecule has 0 saturated carbocycles. The smallest absolute Gasteiger partial charge is 0.0290 e. The van der Waals surface area contributed by atoms with Crippen molar-refractivity contribution in [1.29, 1.82) is 0 Å². The van der Waals surface area contributed by atoms with Crippen LogP contribution in [-0.2, 0) is 0 Å². The summed E-state index contributed by atoms with van der Waals surface area (Å²) in [4.78, 5) is 0. The molecule has 0 bridgehead atoms. The van der Waals surface area contributed by atoms with E-state index in [-0.39, 0.29) is 0 Å². The van der Waals surface area contributed by atoms with Gasteiger partial charge in [0.15, 0.2) is 0 Å². The maximum absolute atomic E-state index is 3.67. The Morgan fingerprint density at radius 2 is 2.00 bits per heavy atom. The fourth-order valence-corrected chi connectivity index (χ4v) is 0.748. The lowest BCUT2D eigenvalue weighted by Crippen LogP contribution is -1.76. The van der Waals surface area contributed by atoms with E-state index in [0.29, 0.717) is 5.92 Å². The van der Waals surface area contributed by atoms with Gasteiger partial charge >= 0.3 is 0 Å². The van der Waals surface area contributed by atoms with E-state index in [4.69, 9.17) is 0 Å². The summed E-state index contributed by atoms with van der Waals surface area (Å²) in [6.07, 6.45) is 10.1. The Morgan fingerprint density at radius 1 is 1.30 bits per heavy atom. The zero-order valence-electron chi connectivity index (χ0n) is 7.14. The highest BCUT2D eigenvalue weighted by Gasteiger charge is 1.82. The zero-order chi connectivity index (χ0) is 7.82. The maximum Gasteiger partial charge on any atom is -0.0290 e. The molecule has 58 valence electrons. The van der Waals surface area contributed by atoms with Crippen LogP contribution in [0.15, 0.2) is 24.8 Å². The summed E-state index contributed by atoms with van der Waals surface area (Å²) in [5.41, 5.74) is 0.